The maximum Gasteiger partial charge on any atom is 0.251 e. The van der Waals surface area contributed by atoms with Crippen molar-refractivity contribution in [3.63, 3.8) is 0 Å². The lowest BCUT2D eigenvalue weighted by atomic mass is 10.1. The number of carbonyl (C=O) groups is 2. The number of hydrogen-bond donors (Lipinski definition) is 3. The second-order valence-electron chi connectivity index (χ2n) is 4.20. The van der Waals surface area contributed by atoms with Crippen molar-refractivity contribution in [2.24, 2.45) is 0 Å². The van der Waals surface area contributed by atoms with Gasteiger partial charge in [0, 0.05) is 39.7 Å². The molecule has 0 aliphatic rings. The van der Waals surface area contributed by atoms with Crippen molar-refractivity contribution in [3.05, 3.63) is 23.8 Å². The van der Waals surface area contributed by atoms with E-state index in [-0.39, 0.29) is 11.8 Å². The highest BCUT2D eigenvalue weighted by Crippen LogP contribution is 2.23. The van der Waals surface area contributed by atoms with Crippen LogP contribution in [0, 0.1) is 0 Å². The maximum absolute atomic E-state index is 11.6. The molecular weight excluding hydrogens is 244 g/mol. The zero-order chi connectivity index (χ0) is 14.4. The number of nitrogens with two attached hydrogens (primary N) is 1. The van der Waals surface area contributed by atoms with Crippen LogP contribution in [-0.2, 0) is 4.79 Å². The Balaban J connectivity index is 2.86. The minimum Gasteiger partial charge on any atom is -0.397 e. The molecule has 0 spiro atoms. The normalized spacial score (nSPS) is 9.84. The maximum atomic E-state index is 11.6. The Hall–Kier alpha value is -2.24. The number of rotatable bonds is 5. The van der Waals surface area contributed by atoms with Gasteiger partial charge in [0.1, 0.15) is 0 Å². The number of nitrogen functional groups attached to an aromatic ring is 1. The lowest BCUT2D eigenvalue weighted by Crippen LogP contribution is -2.27. The average Bonchev–Trinajstić information content (AvgIpc) is 2.43. The van der Waals surface area contributed by atoms with Crippen LogP contribution in [0.4, 0.5) is 11.4 Å². The molecule has 0 saturated heterocycles. The number of benzene rings is 1. The van der Waals surface area contributed by atoms with Gasteiger partial charge in [-0.15, -0.1) is 0 Å². The Kier molecular flexibility index (Phi) is 5.17. The number of carbonyl (C=O) groups excluding carboxylic acids is 2. The summed E-state index contributed by atoms with van der Waals surface area (Å²) < 4.78 is 0. The van der Waals surface area contributed by atoms with Crippen molar-refractivity contribution < 1.29 is 9.59 Å². The number of nitrogens with zero attached hydrogens (tertiary/aromatic N) is 1. The second kappa shape index (κ2) is 6.63. The summed E-state index contributed by atoms with van der Waals surface area (Å²) in [5.74, 6) is -0.200. The molecule has 1 aromatic carbocycles. The lowest BCUT2D eigenvalue weighted by Gasteiger charge is -2.21. The highest BCUT2D eigenvalue weighted by atomic mass is 16.2. The summed E-state index contributed by atoms with van der Waals surface area (Å²) in [6.07, 6.45) is 0.372. The van der Waals surface area contributed by atoms with E-state index >= 15 is 0 Å². The summed E-state index contributed by atoms with van der Waals surface area (Å²) in [4.78, 5) is 24.7. The predicted molar refractivity (Wildman–Crippen MR) is 76.2 cm³/mol. The first-order chi connectivity index (χ1) is 8.99. The van der Waals surface area contributed by atoms with Crippen molar-refractivity contribution in [3.8, 4) is 0 Å². The van der Waals surface area contributed by atoms with Crippen molar-refractivity contribution >= 4 is 23.2 Å². The highest BCUT2D eigenvalue weighted by Gasteiger charge is 2.11. The monoisotopic (exact) mass is 264 g/mol. The fraction of sp³-hybridized carbons (Fsp3) is 0.385. The topological polar surface area (TPSA) is 87.5 Å². The van der Waals surface area contributed by atoms with E-state index in [1.54, 1.807) is 32.3 Å². The first-order valence-electron chi connectivity index (χ1n) is 6.03. The van der Waals surface area contributed by atoms with Crippen LogP contribution in [0.5, 0.6) is 0 Å². The molecule has 0 radical (unpaired) electrons. The Morgan fingerprint density at radius 3 is 2.53 bits per heavy atom. The largest absolute Gasteiger partial charge is 0.397 e. The van der Waals surface area contributed by atoms with Gasteiger partial charge in [0.15, 0.2) is 0 Å². The first kappa shape index (κ1) is 14.8. The van der Waals surface area contributed by atoms with E-state index in [2.05, 4.69) is 10.6 Å². The van der Waals surface area contributed by atoms with Crippen LogP contribution in [0.1, 0.15) is 16.8 Å². The van der Waals surface area contributed by atoms with Crippen LogP contribution < -0.4 is 21.3 Å². The molecule has 1 aromatic rings. The number of nitrogens with one attached hydrogen (secondary N) is 2. The first-order valence-corrected chi connectivity index (χ1v) is 6.03. The third-order valence-corrected chi connectivity index (χ3v) is 2.88. The molecule has 0 fully saturated rings. The second-order valence-corrected chi connectivity index (χ2v) is 4.20. The summed E-state index contributed by atoms with van der Waals surface area (Å²) in [6, 6.07) is 5.08. The quantitative estimate of drug-likeness (QED) is 0.663. The molecule has 0 aromatic heterocycles. The Morgan fingerprint density at radius 2 is 1.95 bits per heavy atom. The summed E-state index contributed by atoms with van der Waals surface area (Å²) in [5, 5.41) is 5.13. The molecule has 19 heavy (non-hydrogen) atoms. The summed E-state index contributed by atoms with van der Waals surface area (Å²) in [7, 11) is 5.01. The molecule has 0 saturated carbocycles. The van der Waals surface area contributed by atoms with Gasteiger partial charge in [0.2, 0.25) is 5.91 Å². The SMILES string of the molecule is CNC(=O)CCN(C)c1cc(C(=O)NC)ccc1N. The van der Waals surface area contributed by atoms with Crippen molar-refractivity contribution in [2.75, 3.05) is 38.3 Å². The average molecular weight is 264 g/mol. The summed E-state index contributed by atoms with van der Waals surface area (Å²) >= 11 is 0. The summed E-state index contributed by atoms with van der Waals surface area (Å²) in [6.45, 7) is 0.529. The van der Waals surface area contributed by atoms with Gasteiger partial charge in [0.05, 0.1) is 11.4 Å². The lowest BCUT2D eigenvalue weighted by molar-refractivity contribution is -0.120. The van der Waals surface area contributed by atoms with E-state index in [1.807, 2.05) is 11.9 Å². The van der Waals surface area contributed by atoms with E-state index in [1.165, 1.54) is 0 Å². The van der Waals surface area contributed by atoms with E-state index in [0.717, 1.165) is 5.69 Å². The predicted octanol–water partition coefficient (Wildman–Crippen LogP) is 0.201. The van der Waals surface area contributed by atoms with Crippen LogP contribution in [0.2, 0.25) is 0 Å². The Morgan fingerprint density at radius 1 is 1.26 bits per heavy atom. The van der Waals surface area contributed by atoms with Crippen molar-refractivity contribution in [2.45, 2.75) is 6.42 Å². The minimum atomic E-state index is -0.166. The van der Waals surface area contributed by atoms with Gasteiger partial charge in [-0.05, 0) is 18.2 Å². The summed E-state index contributed by atoms with van der Waals surface area (Å²) in [5.41, 5.74) is 7.75. The highest BCUT2D eigenvalue weighted by molar-refractivity contribution is 5.96. The molecule has 2 amide bonds. The molecule has 6 heteroatoms. The number of amides is 2. The third kappa shape index (κ3) is 3.87. The van der Waals surface area contributed by atoms with Gasteiger partial charge >= 0.3 is 0 Å². The Bertz CT molecular complexity index is 474. The zero-order valence-corrected chi connectivity index (χ0v) is 11.5. The fourth-order valence-electron chi connectivity index (χ4n) is 1.67. The number of anilines is 2. The minimum absolute atomic E-state index is 0.0344. The smallest absolute Gasteiger partial charge is 0.251 e. The van der Waals surface area contributed by atoms with Crippen LogP contribution in [-0.4, -0.2) is 39.5 Å². The molecule has 0 aliphatic heterocycles. The van der Waals surface area contributed by atoms with Gasteiger partial charge in [0.25, 0.3) is 5.91 Å². The molecule has 0 heterocycles. The van der Waals surface area contributed by atoms with Crippen LogP contribution in [0.15, 0.2) is 18.2 Å². The molecule has 6 nitrogen and oxygen atoms in total. The van der Waals surface area contributed by atoms with Gasteiger partial charge in [-0.3, -0.25) is 9.59 Å². The molecule has 0 unspecified atom stereocenters. The van der Waals surface area contributed by atoms with Crippen LogP contribution in [0.25, 0.3) is 0 Å². The number of hydrogen-bond acceptors (Lipinski definition) is 4. The Labute approximate surface area is 113 Å². The third-order valence-electron chi connectivity index (χ3n) is 2.88. The van der Waals surface area contributed by atoms with Crippen molar-refractivity contribution in [1.29, 1.82) is 0 Å². The van der Waals surface area contributed by atoms with Gasteiger partial charge < -0.3 is 21.3 Å². The molecule has 4 N–H and O–H groups in total. The van der Waals surface area contributed by atoms with E-state index in [9.17, 15) is 9.59 Å². The van der Waals surface area contributed by atoms with Gasteiger partial charge in [-0.25, -0.2) is 0 Å². The fourth-order valence-corrected chi connectivity index (χ4v) is 1.67. The van der Waals surface area contributed by atoms with Gasteiger partial charge in [-0.2, -0.15) is 0 Å². The van der Waals surface area contributed by atoms with Crippen LogP contribution >= 0.6 is 0 Å². The van der Waals surface area contributed by atoms with E-state index < -0.39 is 0 Å². The standard InChI is InChI=1S/C13H20N4O2/c1-15-12(18)6-7-17(3)11-8-9(13(19)16-2)4-5-10(11)14/h4-5,8H,6-7,14H2,1-3H3,(H,15,18)(H,16,19). The molecule has 0 bridgehead atoms. The molecule has 0 aliphatic carbocycles. The van der Waals surface area contributed by atoms with Crippen LogP contribution in [0.3, 0.4) is 0 Å². The van der Waals surface area contributed by atoms with Crippen molar-refractivity contribution in [1.82, 2.24) is 10.6 Å². The molecule has 1 rings (SSSR count). The molecule has 104 valence electrons. The van der Waals surface area contributed by atoms with E-state index in [0.29, 0.717) is 24.2 Å². The van der Waals surface area contributed by atoms with E-state index in [4.69, 9.17) is 5.73 Å². The van der Waals surface area contributed by atoms with Gasteiger partial charge in [-0.1, -0.05) is 0 Å². The zero-order valence-electron chi connectivity index (χ0n) is 11.5. The molecular formula is C13H20N4O2. The molecule has 0 atom stereocenters.